The Morgan fingerprint density at radius 2 is 1.08 bits per heavy atom. The predicted molar refractivity (Wildman–Crippen MR) is 113 cm³/mol. The number of rotatable bonds is 7. The lowest BCUT2D eigenvalue weighted by atomic mass is 10.2. The monoisotopic (exact) mass is 429 g/mol. The van der Waals surface area contributed by atoms with Gasteiger partial charge in [-0.25, -0.2) is 0 Å². The zero-order valence-corrected chi connectivity index (χ0v) is 17.3. The van der Waals surface area contributed by atoms with Crippen LogP contribution in [0.1, 0.15) is 11.1 Å². The SMILES string of the molecule is COc1ccc(C[S+](Cc2ccc(OC)cc2)c2ccc(Br)cc2)cc1. The van der Waals surface area contributed by atoms with Gasteiger partial charge in [-0.3, -0.25) is 0 Å². The second-order valence-electron chi connectivity index (χ2n) is 5.93. The first-order chi connectivity index (χ1) is 12.7. The fourth-order valence-electron chi connectivity index (χ4n) is 2.69. The Labute approximate surface area is 166 Å². The molecule has 0 radical (unpaired) electrons. The maximum atomic E-state index is 5.27. The second kappa shape index (κ2) is 9.15. The summed E-state index contributed by atoms with van der Waals surface area (Å²) >= 11 is 3.54. The van der Waals surface area contributed by atoms with Gasteiger partial charge in [0.25, 0.3) is 0 Å². The molecule has 0 spiro atoms. The van der Waals surface area contributed by atoms with Gasteiger partial charge >= 0.3 is 0 Å². The van der Waals surface area contributed by atoms with E-state index in [1.807, 2.05) is 24.3 Å². The second-order valence-corrected chi connectivity index (χ2v) is 8.88. The largest absolute Gasteiger partial charge is 0.497 e. The van der Waals surface area contributed by atoms with Crippen molar-refractivity contribution in [1.29, 1.82) is 0 Å². The molecule has 0 aromatic heterocycles. The maximum Gasteiger partial charge on any atom is 0.155 e. The Morgan fingerprint density at radius 3 is 1.46 bits per heavy atom. The van der Waals surface area contributed by atoms with Gasteiger partial charge in [0.1, 0.15) is 23.0 Å². The van der Waals surface area contributed by atoms with Crippen LogP contribution in [0.25, 0.3) is 0 Å². The van der Waals surface area contributed by atoms with Crippen molar-refractivity contribution in [3.63, 3.8) is 0 Å². The quantitative estimate of drug-likeness (QED) is 0.438. The number of hydrogen-bond donors (Lipinski definition) is 0. The summed E-state index contributed by atoms with van der Waals surface area (Å²) in [4.78, 5) is 1.37. The van der Waals surface area contributed by atoms with E-state index < -0.39 is 0 Å². The highest BCUT2D eigenvalue weighted by molar-refractivity contribution is 9.10. The summed E-state index contributed by atoms with van der Waals surface area (Å²) in [6.07, 6.45) is 0. The van der Waals surface area contributed by atoms with Crippen LogP contribution < -0.4 is 9.47 Å². The molecule has 134 valence electrons. The first-order valence-corrected chi connectivity index (χ1v) is 10.7. The van der Waals surface area contributed by atoms with Crippen LogP contribution in [0.5, 0.6) is 11.5 Å². The van der Waals surface area contributed by atoms with Crippen LogP contribution in [0.15, 0.2) is 82.2 Å². The van der Waals surface area contributed by atoms with Gasteiger partial charge in [0, 0.05) is 26.5 Å². The number of methoxy groups -OCH3 is 2. The lowest BCUT2D eigenvalue weighted by molar-refractivity contribution is 0.414. The van der Waals surface area contributed by atoms with Crippen LogP contribution in [-0.2, 0) is 22.4 Å². The van der Waals surface area contributed by atoms with Crippen LogP contribution in [0.3, 0.4) is 0 Å². The van der Waals surface area contributed by atoms with E-state index in [0.717, 1.165) is 27.5 Å². The van der Waals surface area contributed by atoms with Crippen LogP contribution in [0.2, 0.25) is 0 Å². The summed E-state index contributed by atoms with van der Waals surface area (Å²) in [6, 6.07) is 25.5. The van der Waals surface area contributed by atoms with Gasteiger partial charge in [-0.2, -0.15) is 0 Å². The van der Waals surface area contributed by atoms with Gasteiger partial charge in [0.15, 0.2) is 4.90 Å². The van der Waals surface area contributed by atoms with Gasteiger partial charge in [-0.15, -0.1) is 0 Å². The maximum absolute atomic E-state index is 5.27. The van der Waals surface area contributed by atoms with Crippen molar-refractivity contribution in [3.05, 3.63) is 88.4 Å². The Hall–Kier alpha value is -1.91. The van der Waals surface area contributed by atoms with Gasteiger partial charge in [-0.1, -0.05) is 40.2 Å². The molecule has 0 aliphatic heterocycles. The van der Waals surface area contributed by atoms with E-state index in [2.05, 4.69) is 64.5 Å². The molecule has 0 fully saturated rings. The van der Waals surface area contributed by atoms with Crippen molar-refractivity contribution in [2.45, 2.75) is 16.4 Å². The minimum atomic E-state index is 0.0823. The molecule has 0 amide bonds. The Morgan fingerprint density at radius 1 is 0.654 bits per heavy atom. The highest BCUT2D eigenvalue weighted by Crippen LogP contribution is 2.26. The van der Waals surface area contributed by atoms with Crippen molar-refractivity contribution in [1.82, 2.24) is 0 Å². The predicted octanol–water partition coefficient (Wildman–Crippen LogP) is 5.84. The molecule has 0 saturated heterocycles. The Bertz CT molecular complexity index is 765. The van der Waals surface area contributed by atoms with E-state index >= 15 is 0 Å². The molecule has 0 aliphatic carbocycles. The number of benzene rings is 3. The zero-order valence-electron chi connectivity index (χ0n) is 14.9. The van der Waals surface area contributed by atoms with Gasteiger partial charge in [-0.05, 0) is 48.5 Å². The number of hydrogen-bond acceptors (Lipinski definition) is 2. The molecule has 3 rings (SSSR count). The molecule has 0 heterocycles. The lowest BCUT2D eigenvalue weighted by Crippen LogP contribution is -2.10. The average Bonchev–Trinajstić information content (AvgIpc) is 2.69. The molecule has 3 aromatic carbocycles. The third kappa shape index (κ3) is 5.05. The summed E-state index contributed by atoms with van der Waals surface area (Å²) in [6.45, 7) is 0. The minimum absolute atomic E-state index is 0.0823. The van der Waals surface area contributed by atoms with E-state index in [-0.39, 0.29) is 10.9 Å². The van der Waals surface area contributed by atoms with Gasteiger partial charge < -0.3 is 9.47 Å². The van der Waals surface area contributed by atoms with Crippen molar-refractivity contribution in [2.75, 3.05) is 14.2 Å². The van der Waals surface area contributed by atoms with Crippen LogP contribution in [0, 0.1) is 0 Å². The smallest absolute Gasteiger partial charge is 0.155 e. The van der Waals surface area contributed by atoms with E-state index in [1.54, 1.807) is 14.2 Å². The molecule has 4 heteroatoms. The normalized spacial score (nSPS) is 10.8. The molecule has 2 nitrogen and oxygen atoms in total. The van der Waals surface area contributed by atoms with Crippen LogP contribution in [-0.4, -0.2) is 14.2 Å². The molecule has 0 atom stereocenters. The summed E-state index contributed by atoms with van der Waals surface area (Å²) in [5, 5.41) is 0. The van der Waals surface area contributed by atoms with E-state index in [1.165, 1.54) is 16.0 Å². The standard InChI is InChI=1S/C22H22BrO2S/c1-24-20-9-3-17(4-10-20)15-26(22-13-7-19(23)8-14-22)16-18-5-11-21(25-2)12-6-18/h3-14H,15-16H2,1-2H3/q+1. The van der Waals surface area contributed by atoms with Gasteiger partial charge in [0.2, 0.25) is 0 Å². The Balaban J connectivity index is 1.83. The summed E-state index contributed by atoms with van der Waals surface area (Å²) in [5.74, 6) is 3.81. The first-order valence-electron chi connectivity index (χ1n) is 8.37. The molecule has 26 heavy (non-hydrogen) atoms. The van der Waals surface area contributed by atoms with Crippen molar-refractivity contribution >= 4 is 26.8 Å². The lowest BCUT2D eigenvalue weighted by Gasteiger charge is -2.10. The molecule has 3 aromatic rings. The number of ether oxygens (including phenoxy) is 2. The first kappa shape index (κ1) is 18.9. The molecule has 0 N–H and O–H groups in total. The van der Waals surface area contributed by atoms with E-state index in [4.69, 9.17) is 9.47 Å². The van der Waals surface area contributed by atoms with E-state index in [0.29, 0.717) is 0 Å². The fraction of sp³-hybridized carbons (Fsp3) is 0.182. The molecular weight excluding hydrogens is 408 g/mol. The number of halogens is 1. The van der Waals surface area contributed by atoms with Crippen molar-refractivity contribution in [3.8, 4) is 11.5 Å². The molecule has 0 bridgehead atoms. The van der Waals surface area contributed by atoms with Crippen LogP contribution in [0.4, 0.5) is 0 Å². The molecular formula is C22H22BrO2S+. The van der Waals surface area contributed by atoms with Crippen LogP contribution >= 0.6 is 15.9 Å². The summed E-state index contributed by atoms with van der Waals surface area (Å²) in [5.41, 5.74) is 2.65. The van der Waals surface area contributed by atoms with Gasteiger partial charge in [0.05, 0.1) is 14.2 Å². The van der Waals surface area contributed by atoms with Crippen molar-refractivity contribution in [2.24, 2.45) is 0 Å². The minimum Gasteiger partial charge on any atom is -0.497 e. The summed E-state index contributed by atoms with van der Waals surface area (Å²) in [7, 11) is 3.48. The molecule has 0 saturated carbocycles. The summed E-state index contributed by atoms with van der Waals surface area (Å²) < 4.78 is 11.7. The van der Waals surface area contributed by atoms with E-state index in [9.17, 15) is 0 Å². The Kier molecular flexibility index (Phi) is 6.64. The zero-order chi connectivity index (χ0) is 18.4. The third-order valence-corrected chi connectivity index (χ3v) is 6.98. The fourth-order valence-corrected chi connectivity index (χ4v) is 5.10. The van der Waals surface area contributed by atoms with Crippen molar-refractivity contribution < 1.29 is 9.47 Å². The topological polar surface area (TPSA) is 18.5 Å². The molecule has 0 unspecified atom stereocenters. The highest BCUT2D eigenvalue weighted by Gasteiger charge is 2.23. The average molecular weight is 430 g/mol. The third-order valence-electron chi connectivity index (χ3n) is 4.15. The highest BCUT2D eigenvalue weighted by atomic mass is 79.9. The molecule has 0 aliphatic rings.